The highest BCUT2D eigenvalue weighted by Crippen LogP contribution is 2.29. The minimum Gasteiger partial charge on any atom is -0.450 e. The lowest BCUT2D eigenvalue weighted by Gasteiger charge is -2.31. The van der Waals surface area contributed by atoms with Gasteiger partial charge in [-0.15, -0.1) is 0 Å². The molecule has 5 nitrogen and oxygen atoms in total. The molecule has 0 spiro atoms. The van der Waals surface area contributed by atoms with Crippen molar-refractivity contribution in [3.63, 3.8) is 0 Å². The van der Waals surface area contributed by atoms with Crippen molar-refractivity contribution in [1.82, 2.24) is 14.9 Å². The average Bonchev–Trinajstić information content (AvgIpc) is 2.39. The van der Waals surface area contributed by atoms with Crippen molar-refractivity contribution in [2.45, 2.75) is 39.5 Å². The Morgan fingerprint density at radius 1 is 1.42 bits per heavy atom. The van der Waals surface area contributed by atoms with E-state index in [0.29, 0.717) is 12.5 Å². The summed E-state index contributed by atoms with van der Waals surface area (Å²) in [4.78, 5) is 22.1. The molecule has 0 radical (unpaired) electrons. The van der Waals surface area contributed by atoms with Crippen LogP contribution in [-0.4, -0.2) is 40.7 Å². The quantitative estimate of drug-likeness (QED) is 0.822. The van der Waals surface area contributed by atoms with Gasteiger partial charge < -0.3 is 9.64 Å². The summed E-state index contributed by atoms with van der Waals surface area (Å²) < 4.78 is 5.02. The molecule has 0 atom stereocenters. The third-order valence-electron chi connectivity index (χ3n) is 3.60. The number of aromatic nitrogens is 2. The Labute approximate surface area is 114 Å². The van der Waals surface area contributed by atoms with Gasteiger partial charge in [-0.2, -0.15) is 0 Å². The van der Waals surface area contributed by atoms with Crippen molar-refractivity contribution in [1.29, 1.82) is 0 Å². The average molecular weight is 263 g/mol. The molecule has 5 heteroatoms. The van der Waals surface area contributed by atoms with Crippen LogP contribution in [0.1, 0.15) is 42.8 Å². The summed E-state index contributed by atoms with van der Waals surface area (Å²) in [7, 11) is 0. The topological polar surface area (TPSA) is 55.3 Å². The summed E-state index contributed by atoms with van der Waals surface area (Å²) in [6, 6.07) is 0. The van der Waals surface area contributed by atoms with Gasteiger partial charge in [-0.25, -0.2) is 14.8 Å². The molecule has 1 aliphatic rings. The molecule has 2 heterocycles. The zero-order chi connectivity index (χ0) is 13.8. The zero-order valence-electron chi connectivity index (χ0n) is 11.8. The largest absolute Gasteiger partial charge is 0.450 e. The van der Waals surface area contributed by atoms with Crippen LogP contribution < -0.4 is 0 Å². The second kappa shape index (κ2) is 5.99. The SMILES string of the molecule is CCOC(=O)N1CCC(c2cnc(C)nc2C)CC1. The Balaban J connectivity index is 1.98. The maximum Gasteiger partial charge on any atom is 0.409 e. The number of hydrogen-bond acceptors (Lipinski definition) is 4. The van der Waals surface area contributed by atoms with Gasteiger partial charge >= 0.3 is 6.09 Å². The standard InChI is InChI=1S/C14H21N3O2/c1-4-19-14(18)17-7-5-12(6-8-17)13-9-15-11(3)16-10(13)2/h9,12H,4-8H2,1-3H3. The lowest BCUT2D eigenvalue weighted by Crippen LogP contribution is -2.38. The summed E-state index contributed by atoms with van der Waals surface area (Å²) >= 11 is 0. The first-order chi connectivity index (χ1) is 9.11. The summed E-state index contributed by atoms with van der Waals surface area (Å²) in [5.41, 5.74) is 2.27. The van der Waals surface area contributed by atoms with Crippen LogP contribution in [0.2, 0.25) is 0 Å². The normalized spacial score (nSPS) is 16.5. The van der Waals surface area contributed by atoms with Crippen LogP contribution in [0.3, 0.4) is 0 Å². The van der Waals surface area contributed by atoms with Gasteiger partial charge in [-0.05, 0) is 45.1 Å². The maximum absolute atomic E-state index is 11.6. The number of carbonyl (C=O) groups excluding carboxylic acids is 1. The molecule has 0 aromatic carbocycles. The van der Waals surface area contributed by atoms with Crippen LogP contribution in [0.5, 0.6) is 0 Å². The predicted octanol–water partition coefficient (Wildman–Crippen LogP) is 2.43. The molecule has 0 saturated carbocycles. The van der Waals surface area contributed by atoms with Crippen molar-refractivity contribution >= 4 is 6.09 Å². The van der Waals surface area contributed by atoms with E-state index in [1.54, 1.807) is 4.90 Å². The first-order valence-electron chi connectivity index (χ1n) is 6.83. The monoisotopic (exact) mass is 263 g/mol. The molecule has 0 bridgehead atoms. The number of ether oxygens (including phenoxy) is 1. The van der Waals surface area contributed by atoms with Crippen LogP contribution in [0.25, 0.3) is 0 Å². The minimum absolute atomic E-state index is 0.196. The van der Waals surface area contributed by atoms with Crippen molar-refractivity contribution in [2.75, 3.05) is 19.7 Å². The smallest absolute Gasteiger partial charge is 0.409 e. The second-order valence-electron chi connectivity index (χ2n) is 4.92. The molecule has 0 N–H and O–H groups in total. The number of rotatable bonds is 2. The Hall–Kier alpha value is -1.65. The van der Waals surface area contributed by atoms with Crippen LogP contribution in [0, 0.1) is 13.8 Å². The van der Waals surface area contributed by atoms with Crippen LogP contribution in [0.15, 0.2) is 6.20 Å². The number of hydrogen-bond donors (Lipinski definition) is 0. The van der Waals surface area contributed by atoms with Gasteiger partial charge in [0.15, 0.2) is 0 Å². The first-order valence-corrected chi connectivity index (χ1v) is 6.83. The number of aryl methyl sites for hydroxylation is 2. The van der Waals surface area contributed by atoms with E-state index >= 15 is 0 Å². The first kappa shape index (κ1) is 13.8. The Kier molecular flexibility index (Phi) is 4.35. The highest BCUT2D eigenvalue weighted by molar-refractivity contribution is 5.67. The summed E-state index contributed by atoms with van der Waals surface area (Å²) in [6.07, 6.45) is 3.64. The number of nitrogens with zero attached hydrogens (tertiary/aromatic N) is 3. The Morgan fingerprint density at radius 2 is 2.11 bits per heavy atom. The molecule has 1 saturated heterocycles. The zero-order valence-corrected chi connectivity index (χ0v) is 11.8. The molecular formula is C14H21N3O2. The Bertz CT molecular complexity index is 454. The lowest BCUT2D eigenvalue weighted by molar-refractivity contribution is 0.0970. The van der Waals surface area contributed by atoms with Crippen molar-refractivity contribution < 1.29 is 9.53 Å². The molecular weight excluding hydrogens is 242 g/mol. The van der Waals surface area contributed by atoms with E-state index in [1.807, 2.05) is 27.0 Å². The van der Waals surface area contributed by atoms with Gasteiger partial charge in [0.25, 0.3) is 0 Å². The van der Waals surface area contributed by atoms with E-state index in [1.165, 1.54) is 5.56 Å². The number of piperidine rings is 1. The highest BCUT2D eigenvalue weighted by Gasteiger charge is 2.25. The molecule has 104 valence electrons. The molecule has 1 fully saturated rings. The van der Waals surface area contributed by atoms with E-state index in [-0.39, 0.29) is 6.09 Å². The summed E-state index contributed by atoms with van der Waals surface area (Å²) in [5, 5.41) is 0. The molecule has 2 rings (SSSR count). The maximum atomic E-state index is 11.6. The van der Waals surface area contributed by atoms with Crippen molar-refractivity contribution in [3.8, 4) is 0 Å². The predicted molar refractivity (Wildman–Crippen MR) is 72.1 cm³/mol. The van der Waals surface area contributed by atoms with Crippen LogP contribution >= 0.6 is 0 Å². The van der Waals surface area contributed by atoms with Crippen molar-refractivity contribution in [2.24, 2.45) is 0 Å². The fraction of sp³-hybridized carbons (Fsp3) is 0.643. The minimum atomic E-state index is -0.196. The van der Waals surface area contributed by atoms with Gasteiger partial charge in [0.05, 0.1) is 6.61 Å². The lowest BCUT2D eigenvalue weighted by atomic mass is 9.89. The highest BCUT2D eigenvalue weighted by atomic mass is 16.6. The van der Waals surface area contributed by atoms with E-state index in [0.717, 1.165) is 37.4 Å². The van der Waals surface area contributed by atoms with Gasteiger partial charge in [-0.3, -0.25) is 0 Å². The summed E-state index contributed by atoms with van der Waals surface area (Å²) in [5.74, 6) is 1.26. The number of likely N-dealkylation sites (tertiary alicyclic amines) is 1. The molecule has 0 unspecified atom stereocenters. The summed E-state index contributed by atoms with van der Waals surface area (Å²) in [6.45, 7) is 7.69. The molecule has 0 aliphatic carbocycles. The van der Waals surface area contributed by atoms with Crippen LogP contribution in [-0.2, 0) is 4.74 Å². The Morgan fingerprint density at radius 3 is 2.68 bits per heavy atom. The van der Waals surface area contributed by atoms with Crippen LogP contribution in [0.4, 0.5) is 4.79 Å². The fourth-order valence-corrected chi connectivity index (χ4v) is 2.58. The fourth-order valence-electron chi connectivity index (χ4n) is 2.58. The number of amides is 1. The van der Waals surface area contributed by atoms with E-state index in [2.05, 4.69) is 9.97 Å². The van der Waals surface area contributed by atoms with Gasteiger partial charge in [0.1, 0.15) is 5.82 Å². The van der Waals surface area contributed by atoms with E-state index < -0.39 is 0 Å². The molecule has 1 aliphatic heterocycles. The van der Waals surface area contributed by atoms with Gasteiger partial charge in [0, 0.05) is 25.0 Å². The molecule has 19 heavy (non-hydrogen) atoms. The van der Waals surface area contributed by atoms with Crippen molar-refractivity contribution in [3.05, 3.63) is 23.3 Å². The third kappa shape index (κ3) is 3.22. The number of carbonyl (C=O) groups is 1. The molecule has 1 aromatic rings. The third-order valence-corrected chi connectivity index (χ3v) is 3.60. The van der Waals surface area contributed by atoms with E-state index in [4.69, 9.17) is 4.74 Å². The van der Waals surface area contributed by atoms with Gasteiger partial charge in [-0.1, -0.05) is 0 Å². The molecule has 1 amide bonds. The van der Waals surface area contributed by atoms with Gasteiger partial charge in [0.2, 0.25) is 0 Å². The second-order valence-corrected chi connectivity index (χ2v) is 4.92. The van der Waals surface area contributed by atoms with E-state index in [9.17, 15) is 4.79 Å². The molecule has 1 aromatic heterocycles.